The molecule has 0 radical (unpaired) electrons. The molecule has 0 aliphatic carbocycles. The third-order valence-electron chi connectivity index (χ3n) is 2.56. The van der Waals surface area contributed by atoms with Gasteiger partial charge in [0, 0.05) is 41.1 Å². The fourth-order valence-corrected chi connectivity index (χ4v) is 3.17. The van der Waals surface area contributed by atoms with Crippen LogP contribution in [0.25, 0.3) is 0 Å². The topological polar surface area (TPSA) is 72.5 Å². The highest BCUT2D eigenvalue weighted by atomic mass is 28.4. The zero-order valence-electron chi connectivity index (χ0n) is 14.3. The van der Waals surface area contributed by atoms with Gasteiger partial charge in [0.2, 0.25) is 0 Å². The minimum absolute atomic E-state index is 0.182. The molecular weight excluding hydrogens is 324 g/mol. The average Bonchev–Trinajstić information content (AvgIpc) is 2.54. The summed E-state index contributed by atoms with van der Waals surface area (Å²) in [6.07, 6.45) is 0.415. The van der Waals surface area contributed by atoms with Gasteiger partial charge in [0.25, 0.3) is 0 Å². The van der Waals surface area contributed by atoms with Crippen molar-refractivity contribution in [3.8, 4) is 0 Å². The van der Waals surface area contributed by atoms with E-state index in [4.69, 9.17) is 27.5 Å². The van der Waals surface area contributed by atoms with Gasteiger partial charge in [0.1, 0.15) is 15.4 Å². The van der Waals surface area contributed by atoms with E-state index in [0.29, 0.717) is 11.8 Å². The Morgan fingerprint density at radius 2 is 1.59 bits per heavy atom. The second-order valence-corrected chi connectivity index (χ2v) is 8.52. The lowest BCUT2D eigenvalue weighted by molar-refractivity contribution is -0.137. The smallest absolute Gasteiger partial charge is 0.467 e. The van der Waals surface area contributed by atoms with Crippen LogP contribution in [0.1, 0.15) is 6.92 Å². The standard InChI is InChI=1S/C8H16O4Si.C5H12O3Si/c1-6(2)7(9)12-5-13-8(10-3)11-4;1-5-9(6-2,7-3)8-4/h8H,1,5,13H2,2-4H3;5H,1H2,2-4H3. The fourth-order valence-electron chi connectivity index (χ4n) is 1.20. The summed E-state index contributed by atoms with van der Waals surface area (Å²) in [7, 11) is 4.66. The predicted octanol–water partition coefficient (Wildman–Crippen LogP) is 0.398. The van der Waals surface area contributed by atoms with Gasteiger partial charge in [-0.1, -0.05) is 13.2 Å². The van der Waals surface area contributed by atoms with Crippen molar-refractivity contribution in [2.45, 2.75) is 12.8 Å². The maximum atomic E-state index is 10.9. The Kier molecular flexibility index (Phi) is 14.7. The van der Waals surface area contributed by atoms with Gasteiger partial charge in [-0.3, -0.25) is 0 Å². The molecule has 0 spiro atoms. The first kappa shape index (κ1) is 23.4. The van der Waals surface area contributed by atoms with Gasteiger partial charge in [0.05, 0.1) is 6.23 Å². The molecule has 0 aliphatic rings. The summed E-state index contributed by atoms with van der Waals surface area (Å²) in [4.78, 5) is 10.9. The van der Waals surface area contributed by atoms with E-state index in [0.717, 1.165) is 0 Å². The van der Waals surface area contributed by atoms with E-state index >= 15 is 0 Å². The Hall–Kier alpha value is -0.816. The summed E-state index contributed by atoms with van der Waals surface area (Å²) in [6, 6.07) is 0. The zero-order chi connectivity index (χ0) is 17.6. The molecule has 0 aromatic rings. The van der Waals surface area contributed by atoms with Crippen molar-refractivity contribution < 1.29 is 32.3 Å². The summed E-state index contributed by atoms with van der Waals surface area (Å²) in [5.74, 6) is -0.531. The normalized spacial score (nSPS) is 11.2. The number of methoxy groups -OCH3 is 2. The van der Waals surface area contributed by atoms with Crippen molar-refractivity contribution in [3.05, 3.63) is 24.4 Å². The Labute approximate surface area is 136 Å². The summed E-state index contributed by atoms with van der Waals surface area (Å²) < 4.78 is 29.7. The minimum Gasteiger partial charge on any atom is -0.467 e. The van der Waals surface area contributed by atoms with Gasteiger partial charge >= 0.3 is 14.8 Å². The fraction of sp³-hybridized carbons (Fsp3) is 0.615. The molecule has 9 heteroatoms. The monoisotopic (exact) mass is 352 g/mol. The quantitative estimate of drug-likeness (QED) is 0.244. The van der Waals surface area contributed by atoms with E-state index in [1.165, 1.54) is 0 Å². The first-order valence-electron chi connectivity index (χ1n) is 6.53. The zero-order valence-corrected chi connectivity index (χ0v) is 16.8. The molecule has 7 nitrogen and oxygen atoms in total. The van der Waals surface area contributed by atoms with Crippen LogP contribution in [0, 0.1) is 0 Å². The van der Waals surface area contributed by atoms with Gasteiger partial charge in [-0.2, -0.15) is 0 Å². The number of ether oxygens (including phenoxy) is 3. The molecule has 0 rings (SSSR count). The second-order valence-electron chi connectivity index (χ2n) is 4.03. The Bertz CT molecular complexity index is 320. The van der Waals surface area contributed by atoms with E-state index in [1.54, 1.807) is 48.2 Å². The maximum Gasteiger partial charge on any atom is 0.528 e. The number of carbonyl (C=O) groups is 1. The van der Waals surface area contributed by atoms with Crippen molar-refractivity contribution >= 4 is 24.3 Å². The Balaban J connectivity index is 0. The molecule has 0 atom stereocenters. The van der Waals surface area contributed by atoms with Crippen molar-refractivity contribution in [2.24, 2.45) is 0 Å². The first-order valence-corrected chi connectivity index (χ1v) is 10.1. The van der Waals surface area contributed by atoms with E-state index in [1.807, 2.05) is 0 Å². The van der Waals surface area contributed by atoms with Crippen LogP contribution < -0.4 is 0 Å². The van der Waals surface area contributed by atoms with Crippen LogP contribution in [0.4, 0.5) is 0 Å². The molecule has 0 amide bonds. The summed E-state index contributed by atoms with van der Waals surface area (Å²) in [6.45, 7) is 8.62. The molecule has 0 heterocycles. The lowest BCUT2D eigenvalue weighted by Crippen LogP contribution is -2.40. The Morgan fingerprint density at radius 3 is 1.82 bits per heavy atom. The first-order chi connectivity index (χ1) is 10.4. The van der Waals surface area contributed by atoms with Crippen LogP contribution in [0.2, 0.25) is 0 Å². The number of esters is 1. The number of hydrogen-bond donors (Lipinski definition) is 0. The van der Waals surface area contributed by atoms with Gasteiger partial charge < -0.3 is 27.5 Å². The molecule has 0 saturated carbocycles. The predicted molar refractivity (Wildman–Crippen MR) is 89.1 cm³/mol. The molecule has 0 aromatic carbocycles. The highest BCUT2D eigenvalue weighted by Crippen LogP contribution is 2.05. The number of carbonyl (C=O) groups excluding carboxylic acids is 1. The molecular formula is C13H28O7Si2. The maximum absolute atomic E-state index is 10.9. The summed E-state index contributed by atoms with van der Waals surface area (Å²) in [5, 5.41) is 0. The molecule has 22 heavy (non-hydrogen) atoms. The molecule has 0 unspecified atom stereocenters. The van der Waals surface area contributed by atoms with E-state index in [-0.39, 0.29) is 11.9 Å². The van der Waals surface area contributed by atoms with Crippen LogP contribution in [0.5, 0.6) is 0 Å². The van der Waals surface area contributed by atoms with Crippen molar-refractivity contribution in [1.82, 2.24) is 0 Å². The van der Waals surface area contributed by atoms with Crippen LogP contribution in [0.3, 0.4) is 0 Å². The van der Waals surface area contributed by atoms with Crippen molar-refractivity contribution in [1.29, 1.82) is 0 Å². The van der Waals surface area contributed by atoms with E-state index in [2.05, 4.69) is 13.2 Å². The van der Waals surface area contributed by atoms with Crippen LogP contribution in [-0.2, 0) is 32.3 Å². The van der Waals surface area contributed by atoms with Crippen molar-refractivity contribution in [2.75, 3.05) is 41.8 Å². The summed E-state index contributed by atoms with van der Waals surface area (Å²) in [5.41, 5.74) is 1.99. The van der Waals surface area contributed by atoms with Crippen LogP contribution in [0.15, 0.2) is 24.4 Å². The van der Waals surface area contributed by atoms with Gasteiger partial charge in [-0.15, -0.1) is 0 Å². The lowest BCUT2D eigenvalue weighted by Gasteiger charge is -2.19. The molecule has 0 N–H and O–H groups in total. The Morgan fingerprint density at radius 1 is 1.14 bits per heavy atom. The molecule has 0 fully saturated rings. The molecule has 0 aliphatic heterocycles. The third kappa shape index (κ3) is 10.0. The summed E-state index contributed by atoms with van der Waals surface area (Å²) >= 11 is 0. The molecule has 130 valence electrons. The van der Waals surface area contributed by atoms with Crippen LogP contribution >= 0.6 is 0 Å². The number of hydrogen-bond acceptors (Lipinski definition) is 7. The number of rotatable bonds is 10. The average molecular weight is 353 g/mol. The molecule has 0 saturated heterocycles. The third-order valence-corrected chi connectivity index (χ3v) is 6.35. The molecule has 0 bridgehead atoms. The highest BCUT2D eigenvalue weighted by molar-refractivity contribution is 6.66. The van der Waals surface area contributed by atoms with Gasteiger partial charge in [0.15, 0.2) is 0 Å². The van der Waals surface area contributed by atoms with E-state index in [9.17, 15) is 4.79 Å². The highest BCUT2D eigenvalue weighted by Gasteiger charge is 2.33. The lowest BCUT2D eigenvalue weighted by atomic mass is 10.4. The van der Waals surface area contributed by atoms with Gasteiger partial charge in [-0.25, -0.2) is 4.79 Å². The van der Waals surface area contributed by atoms with Gasteiger partial charge in [-0.05, 0) is 12.6 Å². The van der Waals surface area contributed by atoms with Crippen molar-refractivity contribution in [3.63, 3.8) is 0 Å². The second kappa shape index (κ2) is 13.8. The SMILES string of the molecule is C=C(C)C(=O)OC[SiH2]C(OC)OC.C=C[Si](OC)(OC)OC. The molecule has 0 aromatic heterocycles. The van der Waals surface area contributed by atoms with Crippen LogP contribution in [-0.4, -0.2) is 72.0 Å². The largest absolute Gasteiger partial charge is 0.528 e. The minimum atomic E-state index is -2.43. The van der Waals surface area contributed by atoms with E-state index < -0.39 is 18.3 Å².